The fourth-order valence-corrected chi connectivity index (χ4v) is 3.58. The zero-order valence-corrected chi connectivity index (χ0v) is 18.3. The van der Waals surface area contributed by atoms with Gasteiger partial charge in [-0.25, -0.2) is 9.59 Å². The highest BCUT2D eigenvalue weighted by molar-refractivity contribution is 6.05. The van der Waals surface area contributed by atoms with Crippen LogP contribution in [0.3, 0.4) is 0 Å². The van der Waals surface area contributed by atoms with E-state index in [0.29, 0.717) is 32.6 Å². The fraction of sp³-hybridized carbons (Fsp3) is 0.545. The van der Waals surface area contributed by atoms with Gasteiger partial charge in [-0.2, -0.15) is 0 Å². The van der Waals surface area contributed by atoms with Gasteiger partial charge in [0.1, 0.15) is 11.6 Å². The maximum atomic E-state index is 12.7. The third kappa shape index (κ3) is 5.96. The summed E-state index contributed by atoms with van der Waals surface area (Å²) in [5.74, 6) is -0.589. The number of hydrogen-bond acceptors (Lipinski definition) is 5. The molecule has 2 aliphatic rings. The van der Waals surface area contributed by atoms with Gasteiger partial charge in [0.25, 0.3) is 5.91 Å². The van der Waals surface area contributed by atoms with Crippen LogP contribution < -0.4 is 5.32 Å². The third-order valence-corrected chi connectivity index (χ3v) is 5.24. The van der Waals surface area contributed by atoms with Gasteiger partial charge in [-0.3, -0.25) is 14.5 Å². The van der Waals surface area contributed by atoms with Crippen molar-refractivity contribution < 1.29 is 23.9 Å². The normalized spacial score (nSPS) is 19.5. The van der Waals surface area contributed by atoms with Crippen molar-refractivity contribution in [1.29, 1.82) is 0 Å². The lowest BCUT2D eigenvalue weighted by Crippen LogP contribution is -2.52. The lowest BCUT2D eigenvalue weighted by atomic mass is 10.1. The van der Waals surface area contributed by atoms with Crippen LogP contribution in [-0.2, 0) is 20.7 Å². The highest BCUT2D eigenvalue weighted by atomic mass is 16.6. The summed E-state index contributed by atoms with van der Waals surface area (Å²) in [6.07, 6.45) is 0.0819. The summed E-state index contributed by atoms with van der Waals surface area (Å²) in [6, 6.07) is 8.29. The van der Waals surface area contributed by atoms with Crippen LogP contribution in [-0.4, -0.2) is 83.0 Å². The Kier molecular flexibility index (Phi) is 6.82. The molecular formula is C22H30N4O5. The number of imide groups is 1. The first-order valence-corrected chi connectivity index (χ1v) is 10.6. The van der Waals surface area contributed by atoms with E-state index in [9.17, 15) is 19.2 Å². The molecule has 2 fully saturated rings. The van der Waals surface area contributed by atoms with Gasteiger partial charge < -0.3 is 19.9 Å². The Balaban J connectivity index is 1.47. The zero-order chi connectivity index (χ0) is 22.6. The minimum absolute atomic E-state index is 0.0845. The van der Waals surface area contributed by atoms with Crippen LogP contribution >= 0.6 is 0 Å². The van der Waals surface area contributed by atoms with Crippen molar-refractivity contribution >= 4 is 23.9 Å². The summed E-state index contributed by atoms with van der Waals surface area (Å²) in [5, 5.41) is 2.62. The molecule has 168 valence electrons. The van der Waals surface area contributed by atoms with Crippen LogP contribution in [0.2, 0.25) is 0 Å². The quantitative estimate of drug-likeness (QED) is 0.716. The summed E-state index contributed by atoms with van der Waals surface area (Å²) >= 11 is 0. The van der Waals surface area contributed by atoms with E-state index in [0.717, 1.165) is 5.56 Å². The van der Waals surface area contributed by atoms with Crippen molar-refractivity contribution in [2.24, 2.45) is 0 Å². The van der Waals surface area contributed by atoms with E-state index in [1.807, 2.05) is 30.3 Å². The first-order chi connectivity index (χ1) is 14.6. The van der Waals surface area contributed by atoms with E-state index in [2.05, 4.69) is 5.32 Å². The number of piperazine rings is 1. The van der Waals surface area contributed by atoms with Crippen LogP contribution in [0, 0.1) is 0 Å². The van der Waals surface area contributed by atoms with Crippen molar-refractivity contribution in [3.63, 3.8) is 0 Å². The van der Waals surface area contributed by atoms with E-state index in [1.165, 1.54) is 4.90 Å². The maximum Gasteiger partial charge on any atom is 0.410 e. The van der Waals surface area contributed by atoms with Gasteiger partial charge >= 0.3 is 12.1 Å². The number of ether oxygens (including phenoxy) is 1. The smallest absolute Gasteiger partial charge is 0.410 e. The molecule has 0 radical (unpaired) electrons. The van der Waals surface area contributed by atoms with Gasteiger partial charge in [-0.15, -0.1) is 0 Å². The van der Waals surface area contributed by atoms with Crippen molar-refractivity contribution in [2.75, 3.05) is 32.7 Å². The minimum Gasteiger partial charge on any atom is -0.444 e. The van der Waals surface area contributed by atoms with Crippen LogP contribution in [0.5, 0.6) is 0 Å². The molecule has 2 heterocycles. The standard InChI is InChI=1S/C22H30N4O5/c1-22(2,3)31-21(30)25-13-11-24(12-14-25)18(27)15-17-19(28)26(20(29)23-17)10-9-16-7-5-4-6-8-16/h4-8,17H,9-15H2,1-3H3,(H,23,29). The fourth-order valence-electron chi connectivity index (χ4n) is 3.58. The molecule has 0 aromatic heterocycles. The summed E-state index contributed by atoms with van der Waals surface area (Å²) in [5.41, 5.74) is 0.461. The Hall–Kier alpha value is -3.10. The number of carbonyl (C=O) groups is 4. The van der Waals surface area contributed by atoms with E-state index >= 15 is 0 Å². The highest BCUT2D eigenvalue weighted by Crippen LogP contribution is 2.15. The van der Waals surface area contributed by atoms with Crippen LogP contribution in [0.25, 0.3) is 0 Å². The lowest BCUT2D eigenvalue weighted by Gasteiger charge is -2.35. The van der Waals surface area contributed by atoms with Crippen LogP contribution in [0.4, 0.5) is 9.59 Å². The molecule has 1 atom stereocenters. The molecule has 9 nitrogen and oxygen atoms in total. The van der Waals surface area contributed by atoms with Crippen molar-refractivity contribution in [3.8, 4) is 0 Å². The molecule has 5 amide bonds. The SMILES string of the molecule is CC(C)(C)OC(=O)N1CCN(C(=O)CC2NC(=O)N(CCc3ccccc3)C2=O)CC1. The maximum absolute atomic E-state index is 12.7. The number of carbonyl (C=O) groups excluding carboxylic acids is 4. The number of urea groups is 1. The monoisotopic (exact) mass is 430 g/mol. The lowest BCUT2D eigenvalue weighted by molar-refractivity contribution is -0.136. The number of nitrogens with one attached hydrogen (secondary N) is 1. The van der Waals surface area contributed by atoms with Crippen LogP contribution in [0.1, 0.15) is 32.8 Å². The second-order valence-corrected chi connectivity index (χ2v) is 8.78. The number of hydrogen-bond donors (Lipinski definition) is 1. The van der Waals surface area contributed by atoms with E-state index in [-0.39, 0.29) is 24.8 Å². The molecule has 1 aromatic rings. The van der Waals surface area contributed by atoms with Crippen molar-refractivity contribution in [2.45, 2.75) is 45.3 Å². The predicted octanol–water partition coefficient (Wildman–Crippen LogP) is 1.62. The minimum atomic E-state index is -0.848. The Morgan fingerprint density at radius 1 is 1.03 bits per heavy atom. The second-order valence-electron chi connectivity index (χ2n) is 8.78. The van der Waals surface area contributed by atoms with Crippen molar-refractivity contribution in [1.82, 2.24) is 20.0 Å². The number of nitrogens with zero attached hydrogens (tertiary/aromatic N) is 3. The highest BCUT2D eigenvalue weighted by Gasteiger charge is 2.39. The number of benzene rings is 1. The average Bonchev–Trinajstić information content (AvgIpc) is 2.98. The zero-order valence-electron chi connectivity index (χ0n) is 18.3. The molecule has 1 N–H and O–H groups in total. The summed E-state index contributed by atoms with van der Waals surface area (Å²) in [4.78, 5) is 54.0. The van der Waals surface area contributed by atoms with E-state index < -0.39 is 23.8 Å². The molecule has 1 unspecified atom stereocenters. The predicted molar refractivity (Wildman–Crippen MR) is 113 cm³/mol. The third-order valence-electron chi connectivity index (χ3n) is 5.24. The molecule has 3 rings (SSSR count). The Morgan fingerprint density at radius 2 is 1.65 bits per heavy atom. The molecule has 0 aliphatic carbocycles. The molecule has 2 saturated heterocycles. The van der Waals surface area contributed by atoms with Crippen molar-refractivity contribution in [3.05, 3.63) is 35.9 Å². The van der Waals surface area contributed by atoms with Crippen LogP contribution in [0.15, 0.2) is 30.3 Å². The number of amides is 5. The number of rotatable bonds is 5. The largest absolute Gasteiger partial charge is 0.444 e. The van der Waals surface area contributed by atoms with E-state index in [1.54, 1.807) is 30.6 Å². The van der Waals surface area contributed by atoms with Gasteiger partial charge in [0.05, 0.1) is 6.42 Å². The average molecular weight is 431 g/mol. The molecule has 31 heavy (non-hydrogen) atoms. The molecule has 9 heteroatoms. The molecule has 0 spiro atoms. The summed E-state index contributed by atoms with van der Waals surface area (Å²) in [7, 11) is 0. The topological polar surface area (TPSA) is 99.3 Å². The molecule has 1 aromatic carbocycles. The van der Waals surface area contributed by atoms with Gasteiger partial charge in [0.2, 0.25) is 5.91 Å². The summed E-state index contributed by atoms with van der Waals surface area (Å²) in [6.45, 7) is 7.16. The van der Waals surface area contributed by atoms with Gasteiger partial charge in [0.15, 0.2) is 0 Å². The molecule has 0 bridgehead atoms. The summed E-state index contributed by atoms with van der Waals surface area (Å²) < 4.78 is 5.36. The van der Waals surface area contributed by atoms with Gasteiger partial charge in [-0.1, -0.05) is 30.3 Å². The Bertz CT molecular complexity index is 828. The Labute approximate surface area is 182 Å². The molecule has 2 aliphatic heterocycles. The first-order valence-electron chi connectivity index (χ1n) is 10.6. The first kappa shape index (κ1) is 22.6. The molecule has 0 saturated carbocycles. The van der Waals surface area contributed by atoms with E-state index in [4.69, 9.17) is 4.74 Å². The second kappa shape index (κ2) is 9.36. The Morgan fingerprint density at radius 3 is 2.26 bits per heavy atom. The van der Waals surface area contributed by atoms with Gasteiger partial charge in [-0.05, 0) is 32.8 Å². The molecular weight excluding hydrogens is 400 g/mol. The van der Waals surface area contributed by atoms with Gasteiger partial charge in [0, 0.05) is 32.7 Å².